The summed E-state index contributed by atoms with van der Waals surface area (Å²) in [6.07, 6.45) is 0. The van der Waals surface area contributed by atoms with Crippen LogP contribution in [0, 0.1) is 0 Å². The van der Waals surface area contributed by atoms with Crippen LogP contribution in [0.25, 0.3) is 0 Å². The lowest BCUT2D eigenvalue weighted by Crippen LogP contribution is -2.07. The summed E-state index contributed by atoms with van der Waals surface area (Å²) >= 11 is 21.7. The normalized spacial score (nSPS) is 12.1. The van der Waals surface area contributed by atoms with Gasteiger partial charge in [-0.1, -0.05) is 56.8 Å². The summed E-state index contributed by atoms with van der Waals surface area (Å²) in [5, 5.41) is 4.65. The molecule has 2 rings (SSSR count). The maximum Gasteiger partial charge on any atom is 0.122 e. The van der Waals surface area contributed by atoms with Crippen LogP contribution in [0.1, 0.15) is 18.5 Å². The molecule has 0 aliphatic rings. The Morgan fingerprint density at radius 2 is 1.81 bits per heavy atom. The fraction of sp³-hybridized carbons (Fsp3) is 0.200. The maximum atomic E-state index is 6.26. The highest BCUT2D eigenvalue weighted by Gasteiger charge is 2.14. The molecule has 0 saturated carbocycles. The molecule has 0 aliphatic carbocycles. The lowest BCUT2D eigenvalue weighted by Gasteiger charge is -2.18. The van der Waals surface area contributed by atoms with E-state index < -0.39 is 0 Å². The van der Waals surface area contributed by atoms with Crippen molar-refractivity contribution in [2.45, 2.75) is 13.0 Å². The highest BCUT2D eigenvalue weighted by atomic mass is 79.9. The van der Waals surface area contributed by atoms with Gasteiger partial charge in [-0.05, 0) is 30.7 Å². The minimum absolute atomic E-state index is 0.0359. The van der Waals surface area contributed by atoms with Gasteiger partial charge in [-0.25, -0.2) is 0 Å². The number of hydrogen-bond acceptors (Lipinski definition) is 2. The van der Waals surface area contributed by atoms with Gasteiger partial charge in [-0.15, -0.1) is 0 Å². The number of methoxy groups -OCH3 is 1. The smallest absolute Gasteiger partial charge is 0.122 e. The molecule has 0 fully saturated rings. The fourth-order valence-electron chi connectivity index (χ4n) is 1.97. The predicted molar refractivity (Wildman–Crippen MR) is 94.2 cm³/mol. The third-order valence-electron chi connectivity index (χ3n) is 3.02. The van der Waals surface area contributed by atoms with Crippen molar-refractivity contribution >= 4 is 56.4 Å². The van der Waals surface area contributed by atoms with E-state index in [1.165, 1.54) is 0 Å². The van der Waals surface area contributed by atoms with Gasteiger partial charge in [-0.2, -0.15) is 0 Å². The van der Waals surface area contributed by atoms with E-state index in [2.05, 4.69) is 21.2 Å². The molecule has 0 heterocycles. The SMILES string of the molecule is COc1cc(Br)cc(NC(C)c2ccc(Cl)c(Cl)c2Cl)c1. The molecular weight excluding hydrogens is 396 g/mol. The first-order valence-electron chi connectivity index (χ1n) is 6.17. The van der Waals surface area contributed by atoms with Crippen LogP contribution in [0.2, 0.25) is 15.1 Å². The van der Waals surface area contributed by atoms with E-state index in [1.54, 1.807) is 13.2 Å². The highest BCUT2D eigenvalue weighted by molar-refractivity contribution is 9.10. The summed E-state index contributed by atoms with van der Waals surface area (Å²) in [7, 11) is 1.63. The zero-order chi connectivity index (χ0) is 15.6. The van der Waals surface area contributed by atoms with Gasteiger partial charge in [0.1, 0.15) is 5.75 Å². The van der Waals surface area contributed by atoms with Crippen LogP contribution in [0.15, 0.2) is 34.8 Å². The quantitative estimate of drug-likeness (QED) is 0.575. The molecular formula is C15H13BrCl3NO. The van der Waals surface area contributed by atoms with Gasteiger partial charge in [0.05, 0.1) is 28.2 Å². The number of hydrogen-bond donors (Lipinski definition) is 1. The predicted octanol–water partition coefficient (Wildman–Crippen LogP) is 6.59. The molecule has 1 N–H and O–H groups in total. The Labute approximate surface area is 147 Å². The van der Waals surface area contributed by atoms with E-state index in [0.717, 1.165) is 21.5 Å². The Hall–Kier alpha value is -0.610. The van der Waals surface area contributed by atoms with Crippen LogP contribution in [0.3, 0.4) is 0 Å². The zero-order valence-corrected chi connectivity index (χ0v) is 15.2. The number of halogens is 4. The van der Waals surface area contributed by atoms with Gasteiger partial charge in [-0.3, -0.25) is 0 Å². The Morgan fingerprint density at radius 3 is 2.48 bits per heavy atom. The second-order valence-corrected chi connectivity index (χ2v) is 6.59. The Balaban J connectivity index is 2.28. The topological polar surface area (TPSA) is 21.3 Å². The molecule has 21 heavy (non-hydrogen) atoms. The molecule has 2 aromatic rings. The standard InChI is InChI=1S/C15H13BrCl3NO/c1-8(12-3-4-13(17)15(19)14(12)18)20-10-5-9(16)6-11(7-10)21-2/h3-8,20H,1-2H3. The van der Waals surface area contributed by atoms with E-state index in [4.69, 9.17) is 39.5 Å². The molecule has 0 radical (unpaired) electrons. The van der Waals surface area contributed by atoms with Gasteiger partial charge in [0, 0.05) is 16.2 Å². The summed E-state index contributed by atoms with van der Waals surface area (Å²) in [6.45, 7) is 2.00. The second kappa shape index (κ2) is 7.10. The van der Waals surface area contributed by atoms with E-state index in [-0.39, 0.29) is 6.04 Å². The van der Waals surface area contributed by atoms with Crippen molar-refractivity contribution in [1.29, 1.82) is 0 Å². The third-order valence-corrected chi connectivity index (χ3v) is 4.79. The third kappa shape index (κ3) is 3.98. The first kappa shape index (κ1) is 16.8. The van der Waals surface area contributed by atoms with E-state index >= 15 is 0 Å². The van der Waals surface area contributed by atoms with E-state index in [9.17, 15) is 0 Å². The number of ether oxygens (including phenoxy) is 1. The second-order valence-electron chi connectivity index (χ2n) is 4.51. The largest absolute Gasteiger partial charge is 0.497 e. The molecule has 1 atom stereocenters. The molecule has 0 bridgehead atoms. The number of anilines is 1. The van der Waals surface area contributed by atoms with Crippen molar-refractivity contribution in [2.24, 2.45) is 0 Å². The minimum atomic E-state index is -0.0359. The molecule has 1 unspecified atom stereocenters. The van der Waals surface area contributed by atoms with Crippen LogP contribution < -0.4 is 10.1 Å². The summed E-state index contributed by atoms with van der Waals surface area (Å²) in [5.41, 5.74) is 1.79. The van der Waals surface area contributed by atoms with Gasteiger partial charge < -0.3 is 10.1 Å². The van der Waals surface area contributed by atoms with Crippen molar-refractivity contribution in [3.05, 3.63) is 55.4 Å². The summed E-state index contributed by atoms with van der Waals surface area (Å²) in [6, 6.07) is 9.33. The lowest BCUT2D eigenvalue weighted by atomic mass is 10.1. The van der Waals surface area contributed by atoms with Crippen LogP contribution in [-0.2, 0) is 0 Å². The number of benzene rings is 2. The van der Waals surface area contributed by atoms with Crippen LogP contribution in [0.5, 0.6) is 5.75 Å². The summed E-state index contributed by atoms with van der Waals surface area (Å²) in [4.78, 5) is 0. The van der Waals surface area contributed by atoms with E-state index in [0.29, 0.717) is 15.1 Å². The average molecular weight is 410 g/mol. The Morgan fingerprint density at radius 1 is 1.10 bits per heavy atom. The molecule has 0 spiro atoms. The Kier molecular flexibility index (Phi) is 5.67. The molecule has 2 nitrogen and oxygen atoms in total. The average Bonchev–Trinajstić information content (AvgIpc) is 2.44. The summed E-state index contributed by atoms with van der Waals surface area (Å²) in [5.74, 6) is 0.763. The summed E-state index contributed by atoms with van der Waals surface area (Å²) < 4.78 is 6.17. The highest BCUT2D eigenvalue weighted by Crippen LogP contribution is 2.37. The minimum Gasteiger partial charge on any atom is -0.497 e. The van der Waals surface area contributed by atoms with Crippen LogP contribution in [-0.4, -0.2) is 7.11 Å². The number of rotatable bonds is 4. The van der Waals surface area contributed by atoms with Gasteiger partial charge in [0.15, 0.2) is 0 Å². The van der Waals surface area contributed by atoms with Gasteiger partial charge in [0.25, 0.3) is 0 Å². The fourth-order valence-corrected chi connectivity index (χ4v) is 3.15. The van der Waals surface area contributed by atoms with E-state index in [1.807, 2.05) is 31.2 Å². The van der Waals surface area contributed by atoms with Crippen molar-refractivity contribution in [3.8, 4) is 5.75 Å². The monoisotopic (exact) mass is 407 g/mol. The molecule has 2 aromatic carbocycles. The van der Waals surface area contributed by atoms with Gasteiger partial charge in [0.2, 0.25) is 0 Å². The lowest BCUT2D eigenvalue weighted by molar-refractivity contribution is 0.414. The molecule has 0 aliphatic heterocycles. The van der Waals surface area contributed by atoms with Crippen LogP contribution in [0.4, 0.5) is 5.69 Å². The molecule has 112 valence electrons. The first-order chi connectivity index (χ1) is 9.92. The molecule has 0 amide bonds. The van der Waals surface area contributed by atoms with Crippen molar-refractivity contribution < 1.29 is 4.74 Å². The maximum absolute atomic E-state index is 6.26. The van der Waals surface area contributed by atoms with Gasteiger partial charge >= 0.3 is 0 Å². The molecule has 6 heteroatoms. The molecule has 0 saturated heterocycles. The number of nitrogens with one attached hydrogen (secondary N) is 1. The van der Waals surface area contributed by atoms with Crippen LogP contribution >= 0.6 is 50.7 Å². The first-order valence-corrected chi connectivity index (χ1v) is 8.09. The molecule has 0 aromatic heterocycles. The zero-order valence-electron chi connectivity index (χ0n) is 11.4. The van der Waals surface area contributed by atoms with Crippen molar-refractivity contribution in [2.75, 3.05) is 12.4 Å². The Bertz CT molecular complexity index is 664. The van der Waals surface area contributed by atoms with Crippen molar-refractivity contribution in [3.63, 3.8) is 0 Å². The van der Waals surface area contributed by atoms with Crippen molar-refractivity contribution in [1.82, 2.24) is 0 Å².